The highest BCUT2D eigenvalue weighted by Crippen LogP contribution is 2.30. The molecule has 120 valence electrons. The fraction of sp³-hybridized carbons (Fsp3) is 0.600. The second-order valence-electron chi connectivity index (χ2n) is 4.97. The Morgan fingerprint density at radius 2 is 1.86 bits per heavy atom. The van der Waals surface area contributed by atoms with Crippen LogP contribution in [0.25, 0.3) is 0 Å². The van der Waals surface area contributed by atoms with Crippen LogP contribution in [0.15, 0.2) is 24.3 Å². The minimum atomic E-state index is -4.70. The SMILES string of the molecule is CCCNC(COC(C)C)c1ccccc1OC(F)(F)F. The minimum absolute atomic E-state index is 0.00613. The molecule has 0 saturated heterocycles. The summed E-state index contributed by atoms with van der Waals surface area (Å²) < 4.78 is 47.1. The van der Waals surface area contributed by atoms with Crippen molar-refractivity contribution in [1.82, 2.24) is 5.32 Å². The molecular weight excluding hydrogens is 283 g/mol. The van der Waals surface area contributed by atoms with Crippen molar-refractivity contribution in [3.63, 3.8) is 0 Å². The lowest BCUT2D eigenvalue weighted by Crippen LogP contribution is -2.29. The summed E-state index contributed by atoms with van der Waals surface area (Å²) in [6.45, 7) is 6.73. The van der Waals surface area contributed by atoms with Gasteiger partial charge < -0.3 is 14.8 Å². The van der Waals surface area contributed by atoms with Gasteiger partial charge in [-0.3, -0.25) is 0 Å². The first-order valence-electron chi connectivity index (χ1n) is 7.03. The van der Waals surface area contributed by atoms with Crippen LogP contribution in [0.2, 0.25) is 0 Å². The van der Waals surface area contributed by atoms with Gasteiger partial charge in [-0.1, -0.05) is 25.1 Å². The summed E-state index contributed by atoms with van der Waals surface area (Å²) in [5.41, 5.74) is 0.448. The highest BCUT2D eigenvalue weighted by molar-refractivity contribution is 5.36. The molecule has 1 unspecified atom stereocenters. The molecule has 6 heteroatoms. The van der Waals surface area contributed by atoms with Crippen LogP contribution in [0.3, 0.4) is 0 Å². The maximum Gasteiger partial charge on any atom is 0.573 e. The third kappa shape index (κ3) is 6.82. The van der Waals surface area contributed by atoms with Crippen molar-refractivity contribution in [3.05, 3.63) is 29.8 Å². The molecule has 1 aromatic carbocycles. The highest BCUT2D eigenvalue weighted by atomic mass is 19.4. The molecule has 3 nitrogen and oxygen atoms in total. The summed E-state index contributed by atoms with van der Waals surface area (Å²) >= 11 is 0. The maximum atomic E-state index is 12.5. The number of nitrogens with one attached hydrogen (secondary N) is 1. The molecule has 1 N–H and O–H groups in total. The Morgan fingerprint density at radius 1 is 1.19 bits per heavy atom. The molecule has 21 heavy (non-hydrogen) atoms. The average Bonchev–Trinajstić information content (AvgIpc) is 2.38. The van der Waals surface area contributed by atoms with E-state index in [0.717, 1.165) is 6.42 Å². The zero-order valence-electron chi connectivity index (χ0n) is 12.5. The largest absolute Gasteiger partial charge is 0.573 e. The first kappa shape index (κ1) is 17.8. The van der Waals surface area contributed by atoms with Crippen LogP contribution in [-0.2, 0) is 4.74 Å². The summed E-state index contributed by atoms with van der Waals surface area (Å²) in [7, 11) is 0. The Hall–Kier alpha value is -1.27. The van der Waals surface area contributed by atoms with Crippen molar-refractivity contribution in [2.24, 2.45) is 0 Å². The zero-order valence-corrected chi connectivity index (χ0v) is 12.5. The van der Waals surface area contributed by atoms with Crippen LogP contribution < -0.4 is 10.1 Å². The van der Waals surface area contributed by atoms with E-state index in [0.29, 0.717) is 12.1 Å². The molecule has 0 amide bonds. The number of alkyl halides is 3. The van der Waals surface area contributed by atoms with Crippen molar-refractivity contribution in [2.75, 3.05) is 13.2 Å². The van der Waals surface area contributed by atoms with Crippen molar-refractivity contribution in [3.8, 4) is 5.75 Å². The van der Waals surface area contributed by atoms with Crippen molar-refractivity contribution in [2.45, 2.75) is 45.7 Å². The normalized spacial score (nSPS) is 13.5. The molecular formula is C15H22F3NO2. The molecule has 0 radical (unpaired) electrons. The van der Waals surface area contributed by atoms with Crippen molar-refractivity contribution < 1.29 is 22.6 Å². The van der Waals surface area contributed by atoms with E-state index in [1.165, 1.54) is 12.1 Å². The monoisotopic (exact) mass is 305 g/mol. The standard InChI is InChI=1S/C15H22F3NO2/c1-4-9-19-13(10-20-11(2)3)12-7-5-6-8-14(12)21-15(16,17)18/h5-8,11,13,19H,4,9-10H2,1-3H3. The molecule has 0 bridgehead atoms. The van der Waals surface area contributed by atoms with Gasteiger partial charge in [-0.2, -0.15) is 0 Å². The number of halogens is 3. The van der Waals surface area contributed by atoms with E-state index in [9.17, 15) is 13.2 Å². The first-order valence-corrected chi connectivity index (χ1v) is 7.03. The van der Waals surface area contributed by atoms with Crippen LogP contribution in [-0.4, -0.2) is 25.6 Å². The Balaban J connectivity index is 2.94. The first-order chi connectivity index (χ1) is 9.83. The van der Waals surface area contributed by atoms with E-state index >= 15 is 0 Å². The number of ether oxygens (including phenoxy) is 2. The summed E-state index contributed by atoms with van der Waals surface area (Å²) in [6, 6.07) is 5.81. The summed E-state index contributed by atoms with van der Waals surface area (Å²) in [5, 5.41) is 3.19. The number of hydrogen-bond acceptors (Lipinski definition) is 3. The lowest BCUT2D eigenvalue weighted by molar-refractivity contribution is -0.275. The van der Waals surface area contributed by atoms with E-state index in [1.807, 2.05) is 20.8 Å². The van der Waals surface area contributed by atoms with Crippen LogP contribution >= 0.6 is 0 Å². The lowest BCUT2D eigenvalue weighted by Gasteiger charge is -2.23. The number of hydrogen-bond donors (Lipinski definition) is 1. The number of benzene rings is 1. The molecule has 1 atom stereocenters. The second-order valence-corrected chi connectivity index (χ2v) is 4.97. The van der Waals surface area contributed by atoms with Gasteiger partial charge in [-0.15, -0.1) is 13.2 Å². The van der Waals surface area contributed by atoms with Gasteiger partial charge in [0.05, 0.1) is 18.8 Å². The molecule has 0 aliphatic carbocycles. The minimum Gasteiger partial charge on any atom is -0.405 e. The Labute approximate surface area is 123 Å². The van der Waals surface area contributed by atoms with Gasteiger partial charge in [0.1, 0.15) is 5.75 Å². The van der Waals surface area contributed by atoms with Gasteiger partial charge in [-0.25, -0.2) is 0 Å². The van der Waals surface area contributed by atoms with E-state index in [-0.39, 0.29) is 24.5 Å². The van der Waals surface area contributed by atoms with Crippen LogP contribution in [0.5, 0.6) is 5.75 Å². The van der Waals surface area contributed by atoms with E-state index < -0.39 is 6.36 Å². The average molecular weight is 305 g/mol. The molecule has 0 spiro atoms. The van der Waals surface area contributed by atoms with Crippen molar-refractivity contribution in [1.29, 1.82) is 0 Å². The summed E-state index contributed by atoms with van der Waals surface area (Å²) in [5.74, 6) is -0.189. The number of rotatable bonds is 8. The van der Waals surface area contributed by atoms with Gasteiger partial charge in [0.25, 0.3) is 0 Å². The highest BCUT2D eigenvalue weighted by Gasteiger charge is 2.32. The Bertz CT molecular complexity index is 422. The predicted octanol–water partition coefficient (Wildman–Crippen LogP) is 4.05. The smallest absolute Gasteiger partial charge is 0.405 e. The van der Waals surface area contributed by atoms with E-state index in [2.05, 4.69) is 10.1 Å². The van der Waals surface area contributed by atoms with E-state index in [4.69, 9.17) is 4.74 Å². The molecule has 1 aromatic rings. The molecule has 0 aliphatic heterocycles. The predicted molar refractivity (Wildman–Crippen MR) is 75.2 cm³/mol. The van der Waals surface area contributed by atoms with Crippen molar-refractivity contribution >= 4 is 0 Å². The molecule has 0 fully saturated rings. The summed E-state index contributed by atoms with van der Waals surface area (Å²) in [6.07, 6.45) is -3.82. The summed E-state index contributed by atoms with van der Waals surface area (Å²) in [4.78, 5) is 0. The number of para-hydroxylation sites is 1. The van der Waals surface area contributed by atoms with E-state index in [1.54, 1.807) is 12.1 Å². The molecule has 0 saturated carbocycles. The topological polar surface area (TPSA) is 30.5 Å². The lowest BCUT2D eigenvalue weighted by atomic mass is 10.1. The molecule has 0 aromatic heterocycles. The Kier molecular flexibility index (Phi) is 6.98. The fourth-order valence-corrected chi connectivity index (χ4v) is 1.85. The maximum absolute atomic E-state index is 12.5. The van der Waals surface area contributed by atoms with Gasteiger partial charge >= 0.3 is 6.36 Å². The van der Waals surface area contributed by atoms with Crippen LogP contribution in [0.4, 0.5) is 13.2 Å². The second kappa shape index (κ2) is 8.24. The molecule has 0 heterocycles. The van der Waals surface area contributed by atoms with Gasteiger partial charge in [0.15, 0.2) is 0 Å². The quantitative estimate of drug-likeness (QED) is 0.786. The third-order valence-electron chi connectivity index (χ3n) is 2.76. The van der Waals surface area contributed by atoms with Crippen LogP contribution in [0, 0.1) is 0 Å². The van der Waals surface area contributed by atoms with Crippen LogP contribution in [0.1, 0.15) is 38.8 Å². The fourth-order valence-electron chi connectivity index (χ4n) is 1.85. The zero-order chi connectivity index (χ0) is 15.9. The Morgan fingerprint density at radius 3 is 2.43 bits per heavy atom. The third-order valence-corrected chi connectivity index (χ3v) is 2.76. The molecule has 1 rings (SSSR count). The molecule has 0 aliphatic rings. The van der Waals surface area contributed by atoms with Gasteiger partial charge in [0.2, 0.25) is 0 Å². The van der Waals surface area contributed by atoms with Gasteiger partial charge in [-0.05, 0) is 32.9 Å². The van der Waals surface area contributed by atoms with Gasteiger partial charge in [0, 0.05) is 5.56 Å².